The van der Waals surface area contributed by atoms with Crippen LogP contribution in [0.5, 0.6) is 11.5 Å². The Hall–Kier alpha value is -2.51. The Morgan fingerprint density at radius 3 is 2.41 bits per heavy atom. The number of hydrogen-bond acceptors (Lipinski definition) is 5. The summed E-state index contributed by atoms with van der Waals surface area (Å²) < 4.78 is 48.2. The molecule has 0 saturated heterocycles. The Bertz CT molecular complexity index is 760. The van der Waals surface area contributed by atoms with Crippen LogP contribution in [0.2, 0.25) is 0 Å². The molecule has 0 amide bonds. The van der Waals surface area contributed by atoms with Crippen molar-refractivity contribution in [3.8, 4) is 11.5 Å². The number of hydrogen-bond donors (Lipinski definition) is 1. The maximum absolute atomic E-state index is 12.7. The first-order valence-corrected chi connectivity index (χ1v) is 6.28. The van der Waals surface area contributed by atoms with Crippen LogP contribution in [0.25, 0.3) is 0 Å². The second-order valence-electron chi connectivity index (χ2n) is 4.33. The zero-order valence-corrected chi connectivity index (χ0v) is 11.7. The minimum absolute atomic E-state index is 0.0784. The zero-order chi connectivity index (χ0) is 16.5. The molecule has 0 aliphatic rings. The highest BCUT2D eigenvalue weighted by atomic mass is 19.4. The average Bonchev–Trinajstić information content (AvgIpc) is 2.49. The van der Waals surface area contributed by atoms with Crippen LogP contribution in [0, 0.1) is 0 Å². The van der Waals surface area contributed by atoms with Gasteiger partial charge in [-0.05, 0) is 25.1 Å². The molecule has 8 heteroatoms. The van der Waals surface area contributed by atoms with Gasteiger partial charge in [0.05, 0.1) is 25.0 Å². The Labute approximate surface area is 123 Å². The van der Waals surface area contributed by atoms with Crippen molar-refractivity contribution in [2.45, 2.75) is 13.1 Å². The molecular weight excluding hydrogens is 303 g/mol. The van der Waals surface area contributed by atoms with Gasteiger partial charge in [0, 0.05) is 0 Å². The van der Waals surface area contributed by atoms with E-state index in [1.807, 2.05) is 0 Å². The van der Waals surface area contributed by atoms with Gasteiger partial charge in [-0.15, -0.1) is 0 Å². The number of methoxy groups -OCH3 is 1. The Kier molecular flexibility index (Phi) is 4.11. The van der Waals surface area contributed by atoms with E-state index in [9.17, 15) is 22.8 Å². The standard InChI is InChI=1S/C14H12F3NO4/c1-3-22-13-10(11(19)12(13)20)18-8-6-7(14(15,16)17)4-5-9(8)21-2/h4-6,18H,3H2,1-2H3. The second-order valence-corrected chi connectivity index (χ2v) is 4.33. The maximum atomic E-state index is 12.7. The van der Waals surface area contributed by atoms with Gasteiger partial charge in [-0.25, -0.2) is 0 Å². The number of ether oxygens (including phenoxy) is 2. The van der Waals surface area contributed by atoms with E-state index in [1.54, 1.807) is 6.92 Å². The molecule has 0 fully saturated rings. The van der Waals surface area contributed by atoms with Crippen LogP contribution in [-0.2, 0) is 6.18 Å². The van der Waals surface area contributed by atoms with Crippen molar-refractivity contribution in [2.24, 2.45) is 0 Å². The van der Waals surface area contributed by atoms with Crippen LogP contribution >= 0.6 is 0 Å². The number of anilines is 2. The van der Waals surface area contributed by atoms with E-state index in [1.165, 1.54) is 7.11 Å². The Morgan fingerprint density at radius 2 is 1.86 bits per heavy atom. The molecule has 0 spiro atoms. The van der Waals surface area contributed by atoms with Crippen LogP contribution in [0.4, 0.5) is 24.5 Å². The molecule has 22 heavy (non-hydrogen) atoms. The number of rotatable bonds is 5. The number of halogens is 3. The van der Waals surface area contributed by atoms with E-state index in [4.69, 9.17) is 9.47 Å². The predicted octanol–water partition coefficient (Wildman–Crippen LogP) is 2.45. The zero-order valence-electron chi connectivity index (χ0n) is 11.7. The third-order valence-electron chi connectivity index (χ3n) is 2.94. The van der Waals surface area contributed by atoms with Crippen molar-refractivity contribution < 1.29 is 22.6 Å². The third kappa shape index (κ3) is 2.76. The molecule has 0 bridgehead atoms. The summed E-state index contributed by atoms with van der Waals surface area (Å²) in [6.07, 6.45) is -4.54. The summed E-state index contributed by atoms with van der Waals surface area (Å²) >= 11 is 0. The average molecular weight is 315 g/mol. The van der Waals surface area contributed by atoms with Crippen molar-refractivity contribution in [3.63, 3.8) is 0 Å². The molecule has 0 saturated carbocycles. The fraction of sp³-hybridized carbons (Fsp3) is 0.286. The smallest absolute Gasteiger partial charge is 0.416 e. The number of nitrogens with one attached hydrogen (secondary N) is 1. The summed E-state index contributed by atoms with van der Waals surface area (Å²) in [5.41, 5.74) is -2.82. The van der Waals surface area contributed by atoms with Crippen LogP contribution in [0.15, 0.2) is 27.8 Å². The quantitative estimate of drug-likeness (QED) is 0.859. The summed E-state index contributed by atoms with van der Waals surface area (Å²) in [7, 11) is 1.28. The van der Waals surface area contributed by atoms with Gasteiger partial charge in [-0.1, -0.05) is 0 Å². The lowest BCUT2D eigenvalue weighted by atomic mass is 10.1. The first-order valence-electron chi connectivity index (χ1n) is 6.28. The van der Waals surface area contributed by atoms with Crippen LogP contribution in [0.3, 0.4) is 0 Å². The van der Waals surface area contributed by atoms with E-state index in [-0.39, 0.29) is 29.5 Å². The van der Waals surface area contributed by atoms with Crippen molar-refractivity contribution in [1.82, 2.24) is 0 Å². The minimum Gasteiger partial charge on any atom is -0.495 e. The summed E-state index contributed by atoms with van der Waals surface area (Å²) in [5, 5.41) is 2.48. The molecule has 5 nitrogen and oxygen atoms in total. The van der Waals surface area contributed by atoms with E-state index in [0.717, 1.165) is 18.2 Å². The van der Waals surface area contributed by atoms with Gasteiger partial charge >= 0.3 is 6.18 Å². The van der Waals surface area contributed by atoms with Gasteiger partial charge in [0.25, 0.3) is 10.9 Å². The van der Waals surface area contributed by atoms with Gasteiger partial charge in [0.2, 0.25) is 0 Å². The molecule has 2 rings (SSSR count). The summed E-state index contributed by atoms with van der Waals surface area (Å²) in [6, 6.07) is 2.78. The molecule has 2 aromatic rings. The second kappa shape index (κ2) is 5.70. The van der Waals surface area contributed by atoms with Gasteiger partial charge in [0.1, 0.15) is 11.4 Å². The SMILES string of the molecule is CCOc1c(Nc2cc(C(F)(F)F)ccc2OC)c(=O)c1=O. The highest BCUT2D eigenvalue weighted by Gasteiger charge is 2.32. The molecule has 0 atom stereocenters. The molecule has 118 valence electrons. The van der Waals surface area contributed by atoms with Crippen molar-refractivity contribution in [1.29, 1.82) is 0 Å². The monoisotopic (exact) mass is 315 g/mol. The molecule has 0 heterocycles. The fourth-order valence-electron chi connectivity index (χ4n) is 1.88. The lowest BCUT2D eigenvalue weighted by Gasteiger charge is -2.17. The lowest BCUT2D eigenvalue weighted by molar-refractivity contribution is -0.137. The summed E-state index contributed by atoms with van der Waals surface area (Å²) in [6.45, 7) is 1.77. The molecule has 1 N–H and O–H groups in total. The normalized spacial score (nSPS) is 11.5. The highest BCUT2D eigenvalue weighted by Crippen LogP contribution is 2.36. The van der Waals surface area contributed by atoms with E-state index in [2.05, 4.69) is 5.32 Å². The minimum atomic E-state index is -4.54. The van der Waals surface area contributed by atoms with E-state index >= 15 is 0 Å². The molecule has 2 aromatic carbocycles. The lowest BCUT2D eigenvalue weighted by Crippen LogP contribution is -2.35. The number of alkyl halides is 3. The largest absolute Gasteiger partial charge is 0.495 e. The molecule has 0 aliphatic carbocycles. The topological polar surface area (TPSA) is 64.6 Å². The third-order valence-corrected chi connectivity index (χ3v) is 2.94. The maximum Gasteiger partial charge on any atom is 0.416 e. The van der Waals surface area contributed by atoms with E-state index in [0.29, 0.717) is 0 Å². The summed E-state index contributed by atoms with van der Waals surface area (Å²) in [4.78, 5) is 22.9. The van der Waals surface area contributed by atoms with E-state index < -0.39 is 22.6 Å². The first-order chi connectivity index (χ1) is 10.3. The Balaban J connectivity index is 2.43. The molecule has 0 aromatic heterocycles. The van der Waals surface area contributed by atoms with Crippen LogP contribution in [-0.4, -0.2) is 13.7 Å². The van der Waals surface area contributed by atoms with Gasteiger partial charge in [-0.3, -0.25) is 9.59 Å². The van der Waals surface area contributed by atoms with Gasteiger partial charge in [-0.2, -0.15) is 13.2 Å². The van der Waals surface area contributed by atoms with Crippen LogP contribution in [0.1, 0.15) is 12.5 Å². The van der Waals surface area contributed by atoms with Crippen molar-refractivity contribution in [2.75, 3.05) is 19.0 Å². The number of benzene rings is 1. The van der Waals surface area contributed by atoms with Gasteiger partial charge in [0.15, 0.2) is 5.75 Å². The van der Waals surface area contributed by atoms with Gasteiger partial charge < -0.3 is 14.8 Å². The summed E-state index contributed by atoms with van der Waals surface area (Å²) in [5.74, 6) is -0.0875. The Morgan fingerprint density at radius 1 is 1.18 bits per heavy atom. The molecule has 0 aliphatic heterocycles. The first kappa shape index (κ1) is 15.9. The molecule has 0 radical (unpaired) electrons. The highest BCUT2D eigenvalue weighted by molar-refractivity contribution is 5.73. The fourth-order valence-corrected chi connectivity index (χ4v) is 1.88. The predicted molar refractivity (Wildman–Crippen MR) is 73.8 cm³/mol. The molecular formula is C14H12F3NO4. The molecule has 0 unspecified atom stereocenters. The van der Waals surface area contributed by atoms with Crippen molar-refractivity contribution >= 4 is 11.4 Å². The van der Waals surface area contributed by atoms with Crippen LogP contribution < -0.4 is 25.6 Å². The van der Waals surface area contributed by atoms with Crippen molar-refractivity contribution in [3.05, 3.63) is 44.2 Å².